The Labute approximate surface area is 135 Å². The topological polar surface area (TPSA) is 46.3 Å². The van der Waals surface area contributed by atoms with Crippen molar-refractivity contribution in [2.75, 3.05) is 12.8 Å². The van der Waals surface area contributed by atoms with E-state index in [1.165, 1.54) is 23.1 Å². The lowest BCUT2D eigenvalue weighted by Crippen LogP contribution is -2.26. The van der Waals surface area contributed by atoms with Gasteiger partial charge in [0, 0.05) is 28.8 Å². The van der Waals surface area contributed by atoms with E-state index in [2.05, 4.69) is 15.9 Å². The van der Waals surface area contributed by atoms with E-state index in [0.29, 0.717) is 15.2 Å². The third kappa shape index (κ3) is 3.74. The first-order chi connectivity index (χ1) is 9.88. The molecule has 3 nitrogen and oxygen atoms in total. The number of hydrogen-bond acceptors (Lipinski definition) is 2. The van der Waals surface area contributed by atoms with Gasteiger partial charge in [0.25, 0.3) is 5.91 Å². The normalized spacial score (nSPS) is 10.5. The zero-order chi connectivity index (χ0) is 15.6. The van der Waals surface area contributed by atoms with Crippen LogP contribution in [0.2, 0.25) is 5.02 Å². The highest BCUT2D eigenvalue weighted by atomic mass is 79.9. The van der Waals surface area contributed by atoms with Gasteiger partial charge in [-0.3, -0.25) is 4.79 Å². The summed E-state index contributed by atoms with van der Waals surface area (Å²) < 4.78 is 13.8. The molecule has 2 aromatic carbocycles. The largest absolute Gasteiger partial charge is 0.399 e. The second-order valence-electron chi connectivity index (χ2n) is 4.64. The molecule has 1 amide bonds. The number of anilines is 1. The predicted molar refractivity (Wildman–Crippen MR) is 85.8 cm³/mol. The molecule has 0 aromatic heterocycles. The van der Waals surface area contributed by atoms with Crippen molar-refractivity contribution >= 4 is 39.1 Å². The highest BCUT2D eigenvalue weighted by Crippen LogP contribution is 2.23. The molecule has 0 saturated carbocycles. The fourth-order valence-electron chi connectivity index (χ4n) is 1.91. The molecule has 0 fully saturated rings. The van der Waals surface area contributed by atoms with Crippen LogP contribution in [0.1, 0.15) is 15.9 Å². The number of hydrogen-bond donors (Lipinski definition) is 1. The van der Waals surface area contributed by atoms with E-state index in [-0.39, 0.29) is 18.0 Å². The number of nitrogens with zero attached hydrogens (tertiary/aromatic N) is 1. The molecule has 0 radical (unpaired) electrons. The molecule has 0 aliphatic heterocycles. The first-order valence-corrected chi connectivity index (χ1v) is 7.30. The lowest BCUT2D eigenvalue weighted by Gasteiger charge is -2.19. The lowest BCUT2D eigenvalue weighted by atomic mass is 10.1. The number of nitrogens with two attached hydrogens (primary N) is 1. The number of nitrogen functional groups attached to an aromatic ring is 1. The molecule has 21 heavy (non-hydrogen) atoms. The molecule has 0 spiro atoms. The Hall–Kier alpha value is -1.59. The average molecular weight is 372 g/mol. The first kappa shape index (κ1) is 15.8. The molecule has 0 saturated heterocycles. The fourth-order valence-corrected chi connectivity index (χ4v) is 2.50. The van der Waals surface area contributed by atoms with Crippen LogP contribution in [0.25, 0.3) is 0 Å². The van der Waals surface area contributed by atoms with E-state index in [1.807, 2.05) is 0 Å². The van der Waals surface area contributed by atoms with Gasteiger partial charge in [0.05, 0.1) is 5.56 Å². The summed E-state index contributed by atoms with van der Waals surface area (Å²) in [5.74, 6) is -0.767. The van der Waals surface area contributed by atoms with Crippen LogP contribution in [0.5, 0.6) is 0 Å². The van der Waals surface area contributed by atoms with Crippen molar-refractivity contribution in [2.45, 2.75) is 6.54 Å². The quantitative estimate of drug-likeness (QED) is 0.826. The Kier molecular flexibility index (Phi) is 4.85. The van der Waals surface area contributed by atoms with Crippen LogP contribution in [0.3, 0.4) is 0 Å². The van der Waals surface area contributed by atoms with Crippen LogP contribution >= 0.6 is 27.5 Å². The first-order valence-electron chi connectivity index (χ1n) is 6.13. The molecule has 0 atom stereocenters. The van der Waals surface area contributed by atoms with Gasteiger partial charge in [-0.05, 0) is 57.9 Å². The van der Waals surface area contributed by atoms with Gasteiger partial charge >= 0.3 is 0 Å². The van der Waals surface area contributed by atoms with E-state index in [0.717, 1.165) is 5.56 Å². The number of benzene rings is 2. The summed E-state index contributed by atoms with van der Waals surface area (Å²) in [4.78, 5) is 13.8. The van der Waals surface area contributed by atoms with Gasteiger partial charge in [-0.1, -0.05) is 11.6 Å². The molecule has 0 aliphatic rings. The maximum atomic E-state index is 13.3. The molecule has 0 aliphatic carbocycles. The zero-order valence-corrected chi connectivity index (χ0v) is 13.6. The van der Waals surface area contributed by atoms with Crippen LogP contribution in [-0.4, -0.2) is 17.9 Å². The van der Waals surface area contributed by atoms with Crippen molar-refractivity contribution in [3.8, 4) is 0 Å². The Bertz CT molecular complexity index is 693. The van der Waals surface area contributed by atoms with E-state index < -0.39 is 5.82 Å². The van der Waals surface area contributed by atoms with Crippen LogP contribution in [0.4, 0.5) is 10.1 Å². The molecular formula is C15H13BrClFN2O. The molecule has 2 N–H and O–H groups in total. The van der Waals surface area contributed by atoms with Gasteiger partial charge < -0.3 is 10.6 Å². The van der Waals surface area contributed by atoms with Gasteiger partial charge in [0.15, 0.2) is 0 Å². The van der Waals surface area contributed by atoms with Gasteiger partial charge in [0.1, 0.15) is 5.82 Å². The molecule has 0 heterocycles. The van der Waals surface area contributed by atoms with E-state index in [9.17, 15) is 9.18 Å². The standard InChI is InChI=1S/C15H13BrClFN2O/c1-20(8-9-6-11(19)3-5-14(9)17)15(21)12-7-10(18)2-4-13(12)16/h2-7H,8,19H2,1H3. The zero-order valence-electron chi connectivity index (χ0n) is 11.2. The van der Waals surface area contributed by atoms with Crippen molar-refractivity contribution in [1.29, 1.82) is 0 Å². The Balaban J connectivity index is 2.23. The number of carbonyl (C=O) groups is 1. The second-order valence-corrected chi connectivity index (χ2v) is 5.90. The van der Waals surface area contributed by atoms with Gasteiger partial charge in [-0.2, -0.15) is 0 Å². The van der Waals surface area contributed by atoms with Crippen LogP contribution in [-0.2, 0) is 6.54 Å². The van der Waals surface area contributed by atoms with Crippen molar-refractivity contribution < 1.29 is 9.18 Å². The third-order valence-corrected chi connectivity index (χ3v) is 4.04. The maximum absolute atomic E-state index is 13.3. The summed E-state index contributed by atoms with van der Waals surface area (Å²) in [5, 5.41) is 0.530. The molecular weight excluding hydrogens is 359 g/mol. The number of amides is 1. The fraction of sp³-hybridized carbons (Fsp3) is 0.133. The minimum atomic E-state index is -0.461. The van der Waals surface area contributed by atoms with E-state index in [1.54, 1.807) is 25.2 Å². The minimum Gasteiger partial charge on any atom is -0.399 e. The highest BCUT2D eigenvalue weighted by molar-refractivity contribution is 9.10. The molecule has 0 bridgehead atoms. The Morgan fingerprint density at radius 3 is 2.76 bits per heavy atom. The Morgan fingerprint density at radius 1 is 1.33 bits per heavy atom. The molecule has 0 unspecified atom stereocenters. The van der Waals surface area contributed by atoms with Crippen molar-refractivity contribution in [1.82, 2.24) is 4.90 Å². The van der Waals surface area contributed by atoms with Crippen molar-refractivity contribution in [3.05, 3.63) is 62.8 Å². The van der Waals surface area contributed by atoms with E-state index in [4.69, 9.17) is 17.3 Å². The summed E-state index contributed by atoms with van der Waals surface area (Å²) in [6.45, 7) is 0.283. The molecule has 2 aromatic rings. The van der Waals surface area contributed by atoms with Crippen molar-refractivity contribution in [3.63, 3.8) is 0 Å². The van der Waals surface area contributed by atoms with Gasteiger partial charge in [-0.15, -0.1) is 0 Å². The summed E-state index contributed by atoms with van der Waals surface area (Å²) in [5.41, 5.74) is 7.28. The van der Waals surface area contributed by atoms with Gasteiger partial charge in [0.2, 0.25) is 0 Å². The summed E-state index contributed by atoms with van der Waals surface area (Å²) in [6.07, 6.45) is 0. The monoisotopic (exact) mass is 370 g/mol. The predicted octanol–water partition coefficient (Wildman–Crippen LogP) is 4.10. The molecule has 110 valence electrons. The van der Waals surface area contributed by atoms with Crippen LogP contribution in [0, 0.1) is 5.82 Å². The number of rotatable bonds is 3. The molecule has 6 heteroatoms. The molecule has 2 rings (SSSR count). The lowest BCUT2D eigenvalue weighted by molar-refractivity contribution is 0.0784. The maximum Gasteiger partial charge on any atom is 0.255 e. The van der Waals surface area contributed by atoms with E-state index >= 15 is 0 Å². The SMILES string of the molecule is CN(Cc1cc(N)ccc1Cl)C(=O)c1cc(F)ccc1Br. The number of carbonyl (C=O) groups excluding carboxylic acids is 1. The summed E-state index contributed by atoms with van der Waals surface area (Å²) in [6, 6.07) is 9.08. The third-order valence-electron chi connectivity index (χ3n) is 2.98. The van der Waals surface area contributed by atoms with Gasteiger partial charge in [-0.25, -0.2) is 4.39 Å². The van der Waals surface area contributed by atoms with Crippen LogP contribution in [0.15, 0.2) is 40.9 Å². The summed E-state index contributed by atoms with van der Waals surface area (Å²) in [7, 11) is 1.62. The minimum absolute atomic E-state index is 0.262. The highest BCUT2D eigenvalue weighted by Gasteiger charge is 2.17. The smallest absolute Gasteiger partial charge is 0.255 e. The Morgan fingerprint density at radius 2 is 2.05 bits per heavy atom. The second kappa shape index (κ2) is 6.45. The van der Waals surface area contributed by atoms with Crippen LogP contribution < -0.4 is 5.73 Å². The summed E-state index contributed by atoms with van der Waals surface area (Å²) >= 11 is 9.34. The van der Waals surface area contributed by atoms with Crippen molar-refractivity contribution in [2.24, 2.45) is 0 Å². The number of halogens is 3. The average Bonchev–Trinajstić information content (AvgIpc) is 2.44.